The first-order valence-corrected chi connectivity index (χ1v) is 3.51. The molecule has 78 valence electrons. The Labute approximate surface area is 77.1 Å². The molecule has 0 aliphatic carbocycles. The lowest BCUT2D eigenvalue weighted by atomic mass is 10.3. The lowest BCUT2D eigenvalue weighted by Gasteiger charge is -2.12. The highest BCUT2D eigenvalue weighted by Gasteiger charge is 2.33. The Hall–Kier alpha value is -1.66. The molecule has 0 bridgehead atoms. The van der Waals surface area contributed by atoms with Crippen molar-refractivity contribution in [3.63, 3.8) is 0 Å². The smallest absolute Gasteiger partial charge is 0.503 e. The molecule has 0 aliphatic heterocycles. The lowest BCUT2D eigenvalue weighted by molar-refractivity contribution is -0.274. The normalized spacial score (nSPS) is 11.4. The van der Waals surface area contributed by atoms with E-state index in [0.717, 1.165) is 6.20 Å². The number of aryl methyl sites for hydroxylation is 1. The maximum Gasteiger partial charge on any atom is 0.573 e. The number of rotatable bonds is 1. The number of halogens is 3. The van der Waals surface area contributed by atoms with Gasteiger partial charge in [-0.15, -0.1) is 13.2 Å². The summed E-state index contributed by atoms with van der Waals surface area (Å²) in [7, 11) is 0. The van der Waals surface area contributed by atoms with Gasteiger partial charge in [0.05, 0.1) is 11.9 Å². The molecule has 0 aliphatic rings. The number of nitrogens with zero attached hydrogens (tertiary/aromatic N) is 1. The molecule has 3 N–H and O–H groups in total. The first-order valence-electron chi connectivity index (χ1n) is 3.51. The molecule has 14 heavy (non-hydrogen) atoms. The van der Waals surface area contributed by atoms with E-state index in [1.54, 1.807) is 0 Å². The van der Waals surface area contributed by atoms with E-state index in [4.69, 9.17) is 10.8 Å². The predicted molar refractivity (Wildman–Crippen MR) is 41.7 cm³/mol. The average molecular weight is 208 g/mol. The quantitative estimate of drug-likeness (QED) is 0.735. The Kier molecular flexibility index (Phi) is 2.41. The Morgan fingerprint density at radius 1 is 1.50 bits per heavy atom. The number of nitrogen functional groups attached to an aromatic ring is 1. The minimum absolute atomic E-state index is 0.155. The van der Waals surface area contributed by atoms with E-state index in [1.807, 2.05) is 0 Å². The maximum atomic E-state index is 11.8. The third kappa shape index (κ3) is 2.18. The predicted octanol–water partition coefficient (Wildman–Crippen LogP) is 1.58. The van der Waals surface area contributed by atoms with Crippen molar-refractivity contribution in [2.75, 3.05) is 5.73 Å². The highest BCUT2D eigenvalue weighted by Crippen LogP contribution is 2.36. The SMILES string of the molecule is Cc1ncc(O)c(OC(F)(F)F)c1N. The van der Waals surface area contributed by atoms with Crippen LogP contribution in [-0.2, 0) is 0 Å². The topological polar surface area (TPSA) is 68.4 Å². The summed E-state index contributed by atoms with van der Waals surface area (Å²) in [6.45, 7) is 1.40. The molecule has 1 aromatic heterocycles. The number of aromatic hydroxyl groups is 1. The zero-order valence-electron chi connectivity index (χ0n) is 7.09. The molecule has 0 fully saturated rings. The van der Waals surface area contributed by atoms with Crippen LogP contribution >= 0.6 is 0 Å². The molecule has 0 unspecified atom stereocenters. The van der Waals surface area contributed by atoms with Crippen molar-refractivity contribution in [2.24, 2.45) is 0 Å². The van der Waals surface area contributed by atoms with Gasteiger partial charge >= 0.3 is 6.36 Å². The molecule has 0 radical (unpaired) electrons. The van der Waals surface area contributed by atoms with E-state index in [1.165, 1.54) is 6.92 Å². The molecule has 0 saturated heterocycles. The molecule has 7 heteroatoms. The number of hydrogen-bond donors (Lipinski definition) is 2. The molecule has 4 nitrogen and oxygen atoms in total. The van der Waals surface area contributed by atoms with Gasteiger partial charge in [-0.05, 0) is 6.92 Å². The van der Waals surface area contributed by atoms with Crippen molar-refractivity contribution < 1.29 is 23.0 Å². The number of nitrogens with two attached hydrogens (primary N) is 1. The zero-order valence-corrected chi connectivity index (χ0v) is 7.09. The van der Waals surface area contributed by atoms with Crippen LogP contribution in [0.15, 0.2) is 6.20 Å². The van der Waals surface area contributed by atoms with E-state index >= 15 is 0 Å². The summed E-state index contributed by atoms with van der Waals surface area (Å²) in [6.07, 6.45) is -4.05. The Balaban J connectivity index is 3.13. The van der Waals surface area contributed by atoms with Gasteiger partial charge in [0, 0.05) is 0 Å². The van der Waals surface area contributed by atoms with Crippen molar-refractivity contribution in [2.45, 2.75) is 13.3 Å². The standard InChI is InChI=1S/C7H7F3N2O2/c1-3-5(11)6(4(13)2-12-3)14-7(8,9)10/h2,13H,11H2,1H3. The fourth-order valence-corrected chi connectivity index (χ4v) is 0.811. The van der Waals surface area contributed by atoms with Gasteiger partial charge < -0.3 is 15.6 Å². The summed E-state index contributed by atoms with van der Waals surface area (Å²) in [5, 5.41) is 9.01. The third-order valence-electron chi connectivity index (χ3n) is 1.47. The summed E-state index contributed by atoms with van der Waals surface area (Å²) in [5.41, 5.74) is 5.07. The van der Waals surface area contributed by atoms with Gasteiger partial charge in [0.1, 0.15) is 5.69 Å². The number of pyridine rings is 1. The molecule has 0 spiro atoms. The second-order valence-electron chi connectivity index (χ2n) is 2.52. The maximum absolute atomic E-state index is 11.8. The highest BCUT2D eigenvalue weighted by molar-refractivity contribution is 5.61. The van der Waals surface area contributed by atoms with Crippen LogP contribution in [0.1, 0.15) is 5.69 Å². The Morgan fingerprint density at radius 2 is 2.07 bits per heavy atom. The van der Waals surface area contributed by atoms with Crippen LogP contribution in [0, 0.1) is 6.92 Å². The molecule has 1 heterocycles. The second kappa shape index (κ2) is 3.24. The molecule has 0 aromatic carbocycles. The summed E-state index contributed by atoms with van der Waals surface area (Å²) >= 11 is 0. The van der Waals surface area contributed by atoms with Gasteiger partial charge in [0.25, 0.3) is 0 Å². The molecule has 1 aromatic rings. The van der Waals surface area contributed by atoms with Crippen LogP contribution in [0.4, 0.5) is 18.9 Å². The summed E-state index contributed by atoms with van der Waals surface area (Å²) in [6, 6.07) is 0. The number of ether oxygens (including phenoxy) is 1. The van der Waals surface area contributed by atoms with Gasteiger partial charge in [-0.3, -0.25) is 4.98 Å². The first-order chi connectivity index (χ1) is 6.31. The van der Waals surface area contributed by atoms with E-state index in [0.29, 0.717) is 0 Å². The first kappa shape index (κ1) is 10.4. The van der Waals surface area contributed by atoms with Gasteiger partial charge in [0.15, 0.2) is 11.5 Å². The van der Waals surface area contributed by atoms with Crippen molar-refractivity contribution in [3.8, 4) is 11.5 Å². The number of aromatic nitrogens is 1. The van der Waals surface area contributed by atoms with E-state index in [-0.39, 0.29) is 11.4 Å². The molecule has 0 amide bonds. The van der Waals surface area contributed by atoms with Crippen LogP contribution in [0.25, 0.3) is 0 Å². The monoisotopic (exact) mass is 208 g/mol. The summed E-state index contributed by atoms with van der Waals surface area (Å²) in [5.74, 6) is -1.56. The largest absolute Gasteiger partial charge is 0.573 e. The fourth-order valence-electron chi connectivity index (χ4n) is 0.811. The van der Waals surface area contributed by atoms with Crippen molar-refractivity contribution in [1.29, 1.82) is 0 Å². The zero-order chi connectivity index (χ0) is 10.9. The van der Waals surface area contributed by atoms with Crippen LogP contribution in [-0.4, -0.2) is 16.5 Å². The van der Waals surface area contributed by atoms with E-state index in [2.05, 4.69) is 9.72 Å². The van der Waals surface area contributed by atoms with Crippen LogP contribution in [0.5, 0.6) is 11.5 Å². The van der Waals surface area contributed by atoms with Gasteiger partial charge in [-0.2, -0.15) is 0 Å². The Morgan fingerprint density at radius 3 is 2.57 bits per heavy atom. The number of hydrogen-bond acceptors (Lipinski definition) is 4. The lowest BCUT2D eigenvalue weighted by Crippen LogP contribution is -2.18. The fraction of sp³-hybridized carbons (Fsp3) is 0.286. The number of alkyl halides is 3. The highest BCUT2D eigenvalue weighted by atomic mass is 19.4. The minimum atomic E-state index is -4.89. The number of anilines is 1. The van der Waals surface area contributed by atoms with Crippen molar-refractivity contribution >= 4 is 5.69 Å². The average Bonchev–Trinajstić information content (AvgIpc) is 2.04. The molecular formula is C7H7F3N2O2. The van der Waals surface area contributed by atoms with E-state index < -0.39 is 17.9 Å². The van der Waals surface area contributed by atoms with Crippen molar-refractivity contribution in [3.05, 3.63) is 11.9 Å². The Bertz CT molecular complexity index is 352. The molecular weight excluding hydrogens is 201 g/mol. The van der Waals surface area contributed by atoms with Crippen LogP contribution < -0.4 is 10.5 Å². The molecule has 0 saturated carbocycles. The minimum Gasteiger partial charge on any atom is -0.503 e. The molecule has 1 rings (SSSR count). The van der Waals surface area contributed by atoms with Crippen LogP contribution in [0.2, 0.25) is 0 Å². The van der Waals surface area contributed by atoms with Gasteiger partial charge in [-0.25, -0.2) is 0 Å². The van der Waals surface area contributed by atoms with E-state index in [9.17, 15) is 13.2 Å². The van der Waals surface area contributed by atoms with Gasteiger partial charge in [-0.1, -0.05) is 0 Å². The molecule has 0 atom stereocenters. The summed E-state index contributed by atoms with van der Waals surface area (Å²) < 4.78 is 39.0. The van der Waals surface area contributed by atoms with Crippen molar-refractivity contribution in [1.82, 2.24) is 4.98 Å². The van der Waals surface area contributed by atoms with Crippen LogP contribution in [0.3, 0.4) is 0 Å². The summed E-state index contributed by atoms with van der Waals surface area (Å²) in [4.78, 5) is 3.55. The second-order valence-corrected chi connectivity index (χ2v) is 2.52. The third-order valence-corrected chi connectivity index (χ3v) is 1.47. The van der Waals surface area contributed by atoms with Gasteiger partial charge in [0.2, 0.25) is 0 Å².